The molecule has 0 aliphatic rings. The minimum atomic E-state index is -1.42. The van der Waals surface area contributed by atoms with Crippen molar-refractivity contribution in [3.63, 3.8) is 0 Å². The van der Waals surface area contributed by atoms with E-state index in [4.69, 9.17) is 43.4 Å². The first kappa shape index (κ1) is 21.3. The zero-order chi connectivity index (χ0) is 21.8. The van der Waals surface area contributed by atoms with Gasteiger partial charge in [-0.1, -0.05) is 0 Å². The van der Waals surface area contributed by atoms with E-state index < -0.39 is 69.9 Å². The van der Waals surface area contributed by atoms with Crippen LogP contribution in [0.15, 0.2) is 0 Å². The molecule has 0 spiro atoms. The number of nitrogen functional groups attached to an aromatic ring is 4. The van der Waals surface area contributed by atoms with Gasteiger partial charge in [-0.05, 0) is 0 Å². The first-order valence-corrected chi connectivity index (χ1v) is 6.65. The Hall–Kier alpha value is -4.76. The lowest BCUT2D eigenvalue weighted by Crippen LogP contribution is -2.15. The van der Waals surface area contributed by atoms with Crippen LogP contribution in [0, 0.1) is 0 Å². The third kappa shape index (κ3) is 4.65. The fourth-order valence-corrected chi connectivity index (χ4v) is 1.55. The Kier molecular flexibility index (Phi) is 6.14. The summed E-state index contributed by atoms with van der Waals surface area (Å²) < 4.78 is 0. The molecule has 0 fully saturated rings. The van der Waals surface area contributed by atoms with E-state index in [-0.39, 0.29) is 0 Å². The fraction of sp³-hybridized carbons (Fsp3) is 0. The number of nitrogens with two attached hydrogens (primary N) is 4. The molecule has 0 radical (unpaired) electrons. The lowest BCUT2D eigenvalue weighted by Gasteiger charge is -2.02. The van der Waals surface area contributed by atoms with E-state index in [9.17, 15) is 19.2 Å². The molecule has 2 heterocycles. The molecule has 0 aliphatic heterocycles. The van der Waals surface area contributed by atoms with Crippen LogP contribution in [0.3, 0.4) is 0 Å². The van der Waals surface area contributed by atoms with E-state index in [1.54, 1.807) is 0 Å². The van der Waals surface area contributed by atoms with Crippen molar-refractivity contribution in [1.82, 2.24) is 19.9 Å². The van der Waals surface area contributed by atoms with E-state index in [0.717, 1.165) is 0 Å². The number of anilines is 4. The van der Waals surface area contributed by atoms with Crippen LogP contribution in [0.2, 0.25) is 0 Å². The highest BCUT2D eigenvalue weighted by molar-refractivity contribution is 5.96. The van der Waals surface area contributed by atoms with Crippen molar-refractivity contribution >= 4 is 47.1 Å². The Bertz CT molecular complexity index is 833. The Morgan fingerprint density at radius 3 is 0.714 bits per heavy atom. The molecular weight excluding hydrogens is 384 g/mol. The van der Waals surface area contributed by atoms with Crippen LogP contribution in [0.25, 0.3) is 0 Å². The summed E-state index contributed by atoms with van der Waals surface area (Å²) in [6, 6.07) is 0. The van der Waals surface area contributed by atoms with Gasteiger partial charge in [-0.2, -0.15) is 0 Å². The van der Waals surface area contributed by atoms with E-state index in [1.807, 2.05) is 0 Å². The number of hydrogen-bond donors (Lipinski definition) is 8. The molecule has 0 saturated carbocycles. The molecule has 2 aromatic rings. The molecular formula is C12H12N8O8. The SMILES string of the molecule is Nc1nc(C(=O)O)c(N)nc1C(=O)O.Nc1nc(C(=O)O)c(N)nc1C(=O)O. The molecule has 0 saturated heterocycles. The number of carboxylic acid groups (broad SMARTS) is 4. The Labute approximate surface area is 153 Å². The molecule has 0 amide bonds. The molecule has 16 nitrogen and oxygen atoms in total. The van der Waals surface area contributed by atoms with Gasteiger partial charge in [0.15, 0.2) is 46.0 Å². The van der Waals surface area contributed by atoms with E-state index >= 15 is 0 Å². The van der Waals surface area contributed by atoms with Gasteiger partial charge < -0.3 is 43.4 Å². The Morgan fingerprint density at radius 2 is 0.607 bits per heavy atom. The summed E-state index contributed by atoms with van der Waals surface area (Å²) >= 11 is 0. The van der Waals surface area contributed by atoms with Crippen LogP contribution in [0.5, 0.6) is 0 Å². The summed E-state index contributed by atoms with van der Waals surface area (Å²) in [4.78, 5) is 55.1. The fourth-order valence-electron chi connectivity index (χ4n) is 1.55. The molecule has 0 aromatic carbocycles. The average molecular weight is 396 g/mol. The third-order valence-corrected chi connectivity index (χ3v) is 2.71. The quantitative estimate of drug-likeness (QED) is 0.279. The monoisotopic (exact) mass is 396 g/mol. The van der Waals surface area contributed by atoms with Crippen LogP contribution in [0.1, 0.15) is 42.0 Å². The first-order chi connectivity index (χ1) is 12.9. The van der Waals surface area contributed by atoms with Gasteiger partial charge in [0.05, 0.1) is 0 Å². The number of hydrogen-bond acceptors (Lipinski definition) is 12. The first-order valence-electron chi connectivity index (χ1n) is 6.65. The Balaban J connectivity index is 0.000000280. The Morgan fingerprint density at radius 1 is 0.464 bits per heavy atom. The highest BCUT2D eigenvalue weighted by Gasteiger charge is 2.19. The molecule has 12 N–H and O–H groups in total. The predicted molar refractivity (Wildman–Crippen MR) is 89.6 cm³/mol. The van der Waals surface area contributed by atoms with Crippen molar-refractivity contribution in [2.45, 2.75) is 0 Å². The van der Waals surface area contributed by atoms with Crippen molar-refractivity contribution in [3.05, 3.63) is 22.8 Å². The van der Waals surface area contributed by atoms with Gasteiger partial charge in [0.25, 0.3) is 0 Å². The summed E-state index contributed by atoms with van der Waals surface area (Å²) in [6.45, 7) is 0. The third-order valence-electron chi connectivity index (χ3n) is 2.71. The summed E-state index contributed by atoms with van der Waals surface area (Å²) in [5.41, 5.74) is 18.4. The second kappa shape index (κ2) is 8.08. The number of aromatic carboxylic acids is 4. The van der Waals surface area contributed by atoms with Gasteiger partial charge in [-0.3, -0.25) is 0 Å². The van der Waals surface area contributed by atoms with E-state index in [0.29, 0.717) is 0 Å². The van der Waals surface area contributed by atoms with Crippen LogP contribution >= 0.6 is 0 Å². The molecule has 16 heteroatoms. The maximum absolute atomic E-state index is 10.5. The lowest BCUT2D eigenvalue weighted by atomic mass is 10.3. The number of carboxylic acids is 4. The average Bonchev–Trinajstić information content (AvgIpc) is 2.57. The second-order valence-electron chi connectivity index (χ2n) is 4.60. The van der Waals surface area contributed by atoms with Crippen LogP contribution in [-0.4, -0.2) is 64.2 Å². The van der Waals surface area contributed by atoms with E-state index in [1.165, 1.54) is 0 Å². The van der Waals surface area contributed by atoms with Crippen molar-refractivity contribution in [1.29, 1.82) is 0 Å². The molecule has 28 heavy (non-hydrogen) atoms. The topological polar surface area (TPSA) is 305 Å². The van der Waals surface area contributed by atoms with Gasteiger partial charge in [0.1, 0.15) is 0 Å². The molecule has 0 atom stereocenters. The number of nitrogens with zero attached hydrogens (tertiary/aromatic N) is 4. The second-order valence-corrected chi connectivity index (χ2v) is 4.60. The van der Waals surface area contributed by atoms with E-state index in [2.05, 4.69) is 19.9 Å². The van der Waals surface area contributed by atoms with Gasteiger partial charge in [0, 0.05) is 0 Å². The summed E-state index contributed by atoms with van der Waals surface area (Å²) in [6.07, 6.45) is 0. The molecule has 0 aliphatic carbocycles. The van der Waals surface area contributed by atoms with Crippen LogP contribution in [-0.2, 0) is 0 Å². The zero-order valence-electron chi connectivity index (χ0n) is 13.5. The van der Waals surface area contributed by atoms with Gasteiger partial charge in [0.2, 0.25) is 0 Å². The molecule has 0 unspecified atom stereocenters. The van der Waals surface area contributed by atoms with Crippen LogP contribution in [0.4, 0.5) is 23.3 Å². The van der Waals surface area contributed by atoms with Crippen LogP contribution < -0.4 is 22.9 Å². The van der Waals surface area contributed by atoms with Crippen molar-refractivity contribution in [2.75, 3.05) is 22.9 Å². The molecule has 2 aromatic heterocycles. The highest BCUT2D eigenvalue weighted by atomic mass is 16.4. The lowest BCUT2D eigenvalue weighted by molar-refractivity contribution is 0.0673. The molecule has 2 rings (SSSR count). The summed E-state index contributed by atoms with van der Waals surface area (Å²) in [5, 5.41) is 34.1. The minimum Gasteiger partial charge on any atom is -0.476 e. The van der Waals surface area contributed by atoms with Gasteiger partial charge in [-0.25, -0.2) is 39.1 Å². The smallest absolute Gasteiger partial charge is 0.358 e. The summed E-state index contributed by atoms with van der Waals surface area (Å²) in [5.74, 6) is -7.60. The maximum Gasteiger partial charge on any atom is 0.358 e. The standard InChI is InChI=1S/2C6H6N4O4/c2*7-3-1(5(11)12)9-4(8)2(10-3)6(13)14/h2*(H2,8,9)(H2,7,10)(H,11,12)(H,13,14). The molecule has 148 valence electrons. The number of rotatable bonds is 4. The number of aromatic nitrogens is 4. The highest BCUT2D eigenvalue weighted by Crippen LogP contribution is 2.13. The normalized spacial score (nSPS) is 9.71. The molecule has 0 bridgehead atoms. The predicted octanol–water partition coefficient (Wildman–Crippen LogP) is -1.93. The van der Waals surface area contributed by atoms with Crippen molar-refractivity contribution in [2.24, 2.45) is 0 Å². The maximum atomic E-state index is 10.5. The summed E-state index contributed by atoms with van der Waals surface area (Å²) in [7, 11) is 0. The van der Waals surface area contributed by atoms with Gasteiger partial charge in [-0.15, -0.1) is 0 Å². The number of carbonyl (C=O) groups is 4. The van der Waals surface area contributed by atoms with Crippen molar-refractivity contribution < 1.29 is 39.6 Å². The minimum absolute atomic E-state index is 0.482. The van der Waals surface area contributed by atoms with Crippen molar-refractivity contribution in [3.8, 4) is 0 Å². The zero-order valence-corrected chi connectivity index (χ0v) is 13.5. The van der Waals surface area contributed by atoms with Gasteiger partial charge >= 0.3 is 23.9 Å². The largest absolute Gasteiger partial charge is 0.476 e.